The SMILES string of the molecule is CC(NC(=O)N1C(=O)C(Cc2ccnc(N)c2)C1C(=O)O)c1cccc(F)c1. The molecule has 1 aromatic heterocycles. The van der Waals surface area contributed by atoms with Gasteiger partial charge in [-0.15, -0.1) is 0 Å². The fourth-order valence-electron chi connectivity index (χ4n) is 3.25. The third kappa shape index (κ3) is 3.78. The highest BCUT2D eigenvalue weighted by atomic mass is 19.1. The molecule has 3 amide bonds. The minimum Gasteiger partial charge on any atom is -0.480 e. The molecule has 0 radical (unpaired) electrons. The highest BCUT2D eigenvalue weighted by Gasteiger charge is 2.54. The van der Waals surface area contributed by atoms with Crippen molar-refractivity contribution in [2.24, 2.45) is 5.92 Å². The number of nitrogen functional groups attached to an aromatic ring is 1. The maximum Gasteiger partial charge on any atom is 0.327 e. The van der Waals surface area contributed by atoms with E-state index in [2.05, 4.69) is 10.3 Å². The summed E-state index contributed by atoms with van der Waals surface area (Å²) in [5.41, 5.74) is 6.76. The number of likely N-dealkylation sites (tertiary alicyclic amines) is 1. The van der Waals surface area contributed by atoms with Gasteiger partial charge < -0.3 is 16.2 Å². The molecule has 3 rings (SSSR count). The van der Waals surface area contributed by atoms with Gasteiger partial charge in [0.15, 0.2) is 6.04 Å². The summed E-state index contributed by atoms with van der Waals surface area (Å²) in [6, 6.07) is 6.11. The molecule has 4 N–H and O–H groups in total. The van der Waals surface area contributed by atoms with Gasteiger partial charge in [0, 0.05) is 6.20 Å². The molecule has 0 saturated carbocycles. The molecule has 1 fully saturated rings. The number of carbonyl (C=O) groups is 3. The van der Waals surface area contributed by atoms with Crippen LogP contribution in [0.4, 0.5) is 15.0 Å². The van der Waals surface area contributed by atoms with Crippen LogP contribution in [0.5, 0.6) is 0 Å². The molecule has 0 bridgehead atoms. The molecular weight excluding hydrogens is 367 g/mol. The molecule has 9 heteroatoms. The predicted molar refractivity (Wildman–Crippen MR) is 97.5 cm³/mol. The fourth-order valence-corrected chi connectivity index (χ4v) is 3.25. The van der Waals surface area contributed by atoms with Crippen molar-refractivity contribution in [3.05, 3.63) is 59.5 Å². The van der Waals surface area contributed by atoms with Gasteiger partial charge in [0.25, 0.3) is 0 Å². The van der Waals surface area contributed by atoms with Crippen LogP contribution in [0.3, 0.4) is 0 Å². The molecule has 3 unspecified atom stereocenters. The summed E-state index contributed by atoms with van der Waals surface area (Å²) < 4.78 is 13.3. The zero-order valence-corrected chi connectivity index (χ0v) is 15.0. The van der Waals surface area contributed by atoms with Gasteiger partial charge in [0.05, 0.1) is 12.0 Å². The number of nitrogens with one attached hydrogen (secondary N) is 1. The number of aromatic nitrogens is 1. The number of hydrogen-bond donors (Lipinski definition) is 3. The fraction of sp³-hybridized carbons (Fsp3) is 0.263. The Morgan fingerprint density at radius 1 is 1.36 bits per heavy atom. The standard InChI is InChI=1S/C19H19FN4O4/c1-10(12-3-2-4-13(20)9-12)23-19(28)24-16(18(26)27)14(17(24)25)7-11-5-6-22-15(21)8-11/h2-6,8-10,14,16H,7H2,1H3,(H2,21,22)(H,23,28)(H,26,27). The lowest BCUT2D eigenvalue weighted by atomic mass is 9.82. The lowest BCUT2D eigenvalue weighted by Crippen LogP contribution is -2.68. The number of rotatable bonds is 5. The molecule has 146 valence electrons. The molecular formula is C19H19FN4O4. The first-order chi connectivity index (χ1) is 13.3. The van der Waals surface area contributed by atoms with Crippen LogP contribution in [-0.4, -0.2) is 38.9 Å². The minimum atomic E-state index is -1.29. The Morgan fingerprint density at radius 2 is 2.11 bits per heavy atom. The van der Waals surface area contributed by atoms with Crippen molar-refractivity contribution in [2.75, 3.05) is 5.73 Å². The molecule has 0 spiro atoms. The quantitative estimate of drug-likeness (QED) is 0.672. The van der Waals surface area contributed by atoms with Crippen molar-refractivity contribution in [2.45, 2.75) is 25.4 Å². The normalized spacial score (nSPS) is 19.6. The van der Waals surface area contributed by atoms with Crippen LogP contribution in [0.15, 0.2) is 42.6 Å². The van der Waals surface area contributed by atoms with Crippen LogP contribution in [0.1, 0.15) is 24.1 Å². The summed E-state index contributed by atoms with van der Waals surface area (Å²) in [5.74, 6) is -2.95. The Morgan fingerprint density at radius 3 is 2.75 bits per heavy atom. The van der Waals surface area contributed by atoms with Crippen molar-refractivity contribution < 1.29 is 23.9 Å². The van der Waals surface area contributed by atoms with Gasteiger partial charge in [-0.3, -0.25) is 4.79 Å². The number of nitrogens with two attached hydrogens (primary N) is 1. The maximum atomic E-state index is 13.3. The number of halogens is 1. The number of pyridine rings is 1. The number of hydrogen-bond acceptors (Lipinski definition) is 5. The average Bonchev–Trinajstić information content (AvgIpc) is 2.63. The van der Waals surface area contributed by atoms with Crippen LogP contribution in [0, 0.1) is 11.7 Å². The van der Waals surface area contributed by atoms with Gasteiger partial charge in [0.1, 0.15) is 11.6 Å². The average molecular weight is 386 g/mol. The van der Waals surface area contributed by atoms with E-state index in [1.807, 2.05) is 0 Å². The van der Waals surface area contributed by atoms with Gasteiger partial charge in [-0.25, -0.2) is 23.9 Å². The van der Waals surface area contributed by atoms with Crippen LogP contribution < -0.4 is 11.1 Å². The number of benzene rings is 1. The van der Waals surface area contributed by atoms with Crippen molar-refractivity contribution in [1.82, 2.24) is 15.2 Å². The van der Waals surface area contributed by atoms with E-state index >= 15 is 0 Å². The number of carbonyl (C=O) groups excluding carboxylic acids is 2. The van der Waals surface area contributed by atoms with E-state index in [9.17, 15) is 23.9 Å². The molecule has 1 aromatic carbocycles. The number of nitrogens with zero attached hydrogens (tertiary/aromatic N) is 2. The lowest BCUT2D eigenvalue weighted by molar-refractivity contribution is -0.165. The Bertz CT molecular complexity index is 936. The largest absolute Gasteiger partial charge is 0.480 e. The molecule has 2 heterocycles. The van der Waals surface area contributed by atoms with Crippen molar-refractivity contribution in [3.63, 3.8) is 0 Å². The van der Waals surface area contributed by atoms with Crippen molar-refractivity contribution in [1.29, 1.82) is 0 Å². The number of carboxylic acids is 1. The minimum absolute atomic E-state index is 0.131. The Balaban J connectivity index is 1.71. The van der Waals surface area contributed by atoms with Gasteiger partial charge in [0.2, 0.25) is 5.91 Å². The van der Waals surface area contributed by atoms with Crippen molar-refractivity contribution in [3.8, 4) is 0 Å². The Kier molecular flexibility index (Phi) is 5.25. The number of urea groups is 1. The smallest absolute Gasteiger partial charge is 0.327 e. The second-order valence-electron chi connectivity index (χ2n) is 6.62. The number of β-lactam (4-membered cyclic amide) rings is 1. The van der Waals surface area contributed by atoms with Gasteiger partial charge in [-0.2, -0.15) is 0 Å². The third-order valence-corrected chi connectivity index (χ3v) is 4.68. The summed E-state index contributed by atoms with van der Waals surface area (Å²) in [6.07, 6.45) is 1.60. The molecule has 3 atom stereocenters. The highest BCUT2D eigenvalue weighted by Crippen LogP contribution is 2.31. The maximum absolute atomic E-state index is 13.3. The molecule has 2 aromatic rings. The molecule has 1 saturated heterocycles. The van der Waals surface area contributed by atoms with E-state index in [-0.39, 0.29) is 12.2 Å². The zero-order chi connectivity index (χ0) is 20.4. The molecule has 0 aliphatic carbocycles. The summed E-state index contributed by atoms with van der Waals surface area (Å²) in [5, 5.41) is 12.0. The predicted octanol–water partition coefficient (Wildman–Crippen LogP) is 1.73. The number of imide groups is 1. The van der Waals surface area contributed by atoms with Crippen LogP contribution in [-0.2, 0) is 16.0 Å². The van der Waals surface area contributed by atoms with Crippen LogP contribution >= 0.6 is 0 Å². The summed E-state index contributed by atoms with van der Waals surface area (Å²) in [4.78, 5) is 41.1. The first-order valence-electron chi connectivity index (χ1n) is 8.60. The molecule has 28 heavy (non-hydrogen) atoms. The van der Waals surface area contributed by atoms with Crippen LogP contribution in [0.25, 0.3) is 0 Å². The van der Waals surface area contributed by atoms with E-state index in [0.29, 0.717) is 16.0 Å². The zero-order valence-electron chi connectivity index (χ0n) is 15.0. The van der Waals surface area contributed by atoms with Gasteiger partial charge >= 0.3 is 12.0 Å². The second-order valence-corrected chi connectivity index (χ2v) is 6.62. The van der Waals surface area contributed by atoms with Crippen molar-refractivity contribution >= 4 is 23.7 Å². The summed E-state index contributed by atoms with van der Waals surface area (Å²) in [6.45, 7) is 1.62. The highest BCUT2D eigenvalue weighted by molar-refractivity contribution is 6.07. The number of carboxylic acid groups (broad SMARTS) is 1. The van der Waals surface area contributed by atoms with E-state index in [1.54, 1.807) is 25.1 Å². The summed E-state index contributed by atoms with van der Waals surface area (Å²) >= 11 is 0. The van der Waals surface area contributed by atoms with E-state index in [0.717, 1.165) is 0 Å². The third-order valence-electron chi connectivity index (χ3n) is 4.68. The topological polar surface area (TPSA) is 126 Å². The summed E-state index contributed by atoms with van der Waals surface area (Å²) in [7, 11) is 0. The number of amides is 3. The lowest BCUT2D eigenvalue weighted by Gasteiger charge is -2.43. The monoisotopic (exact) mass is 386 g/mol. The number of anilines is 1. The Hall–Kier alpha value is -3.49. The number of aliphatic carboxylic acids is 1. The molecule has 1 aliphatic heterocycles. The van der Waals surface area contributed by atoms with Gasteiger partial charge in [-0.1, -0.05) is 12.1 Å². The first kappa shape index (κ1) is 19.3. The second kappa shape index (κ2) is 7.63. The van der Waals surface area contributed by atoms with E-state index in [1.165, 1.54) is 24.4 Å². The van der Waals surface area contributed by atoms with Crippen LogP contribution in [0.2, 0.25) is 0 Å². The Labute approximate surface area is 160 Å². The van der Waals surface area contributed by atoms with E-state index < -0.39 is 41.7 Å². The van der Waals surface area contributed by atoms with E-state index in [4.69, 9.17) is 5.73 Å². The molecule has 8 nitrogen and oxygen atoms in total. The first-order valence-corrected chi connectivity index (χ1v) is 8.60. The molecule has 1 aliphatic rings. The van der Waals surface area contributed by atoms with Gasteiger partial charge in [-0.05, 0) is 48.7 Å².